The number of hydrogen-bond acceptors (Lipinski definition) is 4. The minimum absolute atomic E-state index is 0.191. The Hall–Kier alpha value is -2.52. The summed E-state index contributed by atoms with van der Waals surface area (Å²) in [6.07, 6.45) is 0.729. The van der Waals surface area contributed by atoms with Crippen LogP contribution in [0.3, 0.4) is 0 Å². The van der Waals surface area contributed by atoms with E-state index in [-0.39, 0.29) is 11.7 Å². The quantitative estimate of drug-likeness (QED) is 0.750. The van der Waals surface area contributed by atoms with Crippen molar-refractivity contribution in [1.82, 2.24) is 9.38 Å². The van der Waals surface area contributed by atoms with E-state index < -0.39 is 0 Å². The molecule has 0 spiro atoms. The van der Waals surface area contributed by atoms with Crippen molar-refractivity contribution in [3.8, 4) is 6.07 Å². The minimum atomic E-state index is -0.370. The van der Waals surface area contributed by atoms with Crippen LogP contribution in [0.5, 0.6) is 0 Å². The van der Waals surface area contributed by atoms with E-state index in [1.165, 1.54) is 11.8 Å². The number of nitrogens with two attached hydrogens (primary N) is 1. The van der Waals surface area contributed by atoms with Crippen LogP contribution < -0.4 is 5.73 Å². The number of carbonyl (C=O) groups is 1. The van der Waals surface area contributed by atoms with Gasteiger partial charge in [-0.2, -0.15) is 5.26 Å². The topological polar surface area (TPSA) is 84.2 Å². The normalized spacial score (nSPS) is 10.9. The summed E-state index contributed by atoms with van der Waals surface area (Å²) >= 11 is 1.37. The number of nitriles is 1. The van der Waals surface area contributed by atoms with E-state index in [0.717, 1.165) is 28.0 Å². The molecule has 0 aliphatic carbocycles. The number of carbonyl (C=O) groups excluding carboxylic acids is 1. The van der Waals surface area contributed by atoms with E-state index in [9.17, 15) is 10.1 Å². The number of aromatic nitrogens is 2. The van der Waals surface area contributed by atoms with Gasteiger partial charge in [0.15, 0.2) is 5.65 Å². The standard InChI is InChI=1S/C16H14N4OS/c1-2-10-7-15(22-9-14(18)21)20-13-6-4-3-5-12(13)19-16(20)11(10)8-17/h3-7H,2,9H2,1H3,(H2,18,21). The lowest BCUT2D eigenvalue weighted by atomic mass is 10.1. The number of primary amides is 1. The molecule has 1 amide bonds. The van der Waals surface area contributed by atoms with Crippen LogP contribution in [0.4, 0.5) is 0 Å². The molecule has 0 fully saturated rings. The van der Waals surface area contributed by atoms with Gasteiger partial charge in [-0.1, -0.05) is 30.8 Å². The number of thioether (sulfide) groups is 1. The second-order valence-corrected chi connectivity index (χ2v) is 5.86. The average molecular weight is 310 g/mol. The van der Waals surface area contributed by atoms with Crippen molar-refractivity contribution < 1.29 is 4.79 Å². The summed E-state index contributed by atoms with van der Waals surface area (Å²) in [6.45, 7) is 2.00. The minimum Gasteiger partial charge on any atom is -0.369 e. The molecule has 3 rings (SSSR count). The molecule has 6 heteroatoms. The fraction of sp³-hybridized carbons (Fsp3) is 0.188. The Morgan fingerprint density at radius 1 is 1.45 bits per heavy atom. The fourth-order valence-corrected chi connectivity index (χ4v) is 3.33. The van der Waals surface area contributed by atoms with Crippen LogP contribution in [0.25, 0.3) is 16.7 Å². The molecule has 0 atom stereocenters. The van der Waals surface area contributed by atoms with E-state index >= 15 is 0 Å². The van der Waals surface area contributed by atoms with E-state index in [1.807, 2.05) is 41.7 Å². The lowest BCUT2D eigenvalue weighted by molar-refractivity contribution is -0.115. The van der Waals surface area contributed by atoms with Crippen LogP contribution >= 0.6 is 11.8 Å². The van der Waals surface area contributed by atoms with E-state index in [2.05, 4.69) is 11.1 Å². The Bertz CT molecular complexity index is 923. The Morgan fingerprint density at radius 3 is 2.91 bits per heavy atom. The monoisotopic (exact) mass is 310 g/mol. The zero-order valence-electron chi connectivity index (χ0n) is 12.0. The van der Waals surface area contributed by atoms with Crippen LogP contribution in [0.2, 0.25) is 0 Å². The van der Waals surface area contributed by atoms with Crippen LogP contribution in [0, 0.1) is 11.3 Å². The molecule has 5 nitrogen and oxygen atoms in total. The molecule has 2 heterocycles. The van der Waals surface area contributed by atoms with Crippen LogP contribution in [-0.4, -0.2) is 21.0 Å². The number of benzene rings is 1. The smallest absolute Gasteiger partial charge is 0.227 e. The lowest BCUT2D eigenvalue weighted by Gasteiger charge is -2.10. The van der Waals surface area contributed by atoms with Crippen molar-refractivity contribution >= 4 is 34.3 Å². The summed E-state index contributed by atoms with van der Waals surface area (Å²) in [4.78, 5) is 15.7. The highest BCUT2D eigenvalue weighted by Crippen LogP contribution is 2.29. The first-order valence-corrected chi connectivity index (χ1v) is 7.88. The number of pyridine rings is 1. The molecule has 0 bridgehead atoms. The fourth-order valence-electron chi connectivity index (χ4n) is 2.50. The van der Waals surface area contributed by atoms with Gasteiger partial charge >= 0.3 is 0 Å². The molecule has 1 aromatic carbocycles. The van der Waals surface area contributed by atoms with Gasteiger partial charge in [-0.25, -0.2) is 4.98 Å². The van der Waals surface area contributed by atoms with Crippen molar-refractivity contribution in [3.63, 3.8) is 0 Å². The maximum absolute atomic E-state index is 11.1. The second-order valence-electron chi connectivity index (χ2n) is 4.86. The number of aryl methyl sites for hydroxylation is 1. The van der Waals surface area contributed by atoms with Gasteiger partial charge in [0, 0.05) is 0 Å². The number of fused-ring (bicyclic) bond motifs is 3. The molecular weight excluding hydrogens is 296 g/mol. The molecule has 0 aliphatic rings. The van der Waals surface area contributed by atoms with Gasteiger partial charge in [0.05, 0.1) is 27.4 Å². The van der Waals surface area contributed by atoms with E-state index in [0.29, 0.717) is 11.2 Å². The maximum atomic E-state index is 11.1. The Kier molecular flexibility index (Phi) is 3.73. The predicted molar refractivity (Wildman–Crippen MR) is 86.7 cm³/mol. The van der Waals surface area contributed by atoms with Gasteiger partial charge in [-0.3, -0.25) is 9.20 Å². The van der Waals surface area contributed by atoms with E-state index in [4.69, 9.17) is 5.73 Å². The highest BCUT2D eigenvalue weighted by atomic mass is 32.2. The lowest BCUT2D eigenvalue weighted by Crippen LogP contribution is -2.13. The van der Waals surface area contributed by atoms with Crippen LogP contribution in [0.15, 0.2) is 35.4 Å². The van der Waals surface area contributed by atoms with Gasteiger partial charge in [-0.15, -0.1) is 0 Å². The van der Waals surface area contributed by atoms with E-state index in [1.54, 1.807) is 0 Å². The average Bonchev–Trinajstić information content (AvgIpc) is 2.91. The van der Waals surface area contributed by atoms with Crippen LogP contribution in [0.1, 0.15) is 18.1 Å². The predicted octanol–water partition coefficient (Wildman–Crippen LogP) is 2.50. The number of amides is 1. The second kappa shape index (κ2) is 5.70. The highest BCUT2D eigenvalue weighted by molar-refractivity contribution is 7.99. The molecule has 0 aliphatic heterocycles. The van der Waals surface area contributed by atoms with Crippen molar-refractivity contribution in [3.05, 3.63) is 41.5 Å². The molecule has 0 saturated heterocycles. The largest absolute Gasteiger partial charge is 0.369 e. The Labute approximate surface area is 131 Å². The van der Waals surface area contributed by atoms with Gasteiger partial charge in [0.25, 0.3) is 0 Å². The zero-order valence-corrected chi connectivity index (χ0v) is 12.9. The molecular formula is C16H14N4OS. The van der Waals surface area contributed by atoms with Crippen LogP contribution in [-0.2, 0) is 11.2 Å². The number of nitrogens with zero attached hydrogens (tertiary/aromatic N) is 3. The molecule has 0 saturated carbocycles. The zero-order chi connectivity index (χ0) is 15.7. The summed E-state index contributed by atoms with van der Waals surface area (Å²) < 4.78 is 1.93. The molecule has 110 valence electrons. The van der Waals surface area contributed by atoms with Crippen molar-refractivity contribution in [2.45, 2.75) is 18.4 Å². The first kappa shape index (κ1) is 14.4. The molecule has 0 radical (unpaired) electrons. The highest BCUT2D eigenvalue weighted by Gasteiger charge is 2.16. The third kappa shape index (κ3) is 2.30. The summed E-state index contributed by atoms with van der Waals surface area (Å²) in [7, 11) is 0. The van der Waals surface area contributed by atoms with Gasteiger partial charge in [-0.05, 0) is 30.2 Å². The third-order valence-corrected chi connectivity index (χ3v) is 4.50. The van der Waals surface area contributed by atoms with Crippen molar-refractivity contribution in [2.24, 2.45) is 5.73 Å². The first-order valence-electron chi connectivity index (χ1n) is 6.90. The number of hydrogen-bond donors (Lipinski definition) is 1. The molecule has 2 aromatic heterocycles. The van der Waals surface area contributed by atoms with Gasteiger partial charge in [0.2, 0.25) is 5.91 Å². The summed E-state index contributed by atoms with van der Waals surface area (Å²) in [5.74, 6) is -0.179. The molecule has 22 heavy (non-hydrogen) atoms. The third-order valence-electron chi connectivity index (χ3n) is 3.48. The van der Waals surface area contributed by atoms with Gasteiger partial charge < -0.3 is 5.73 Å². The first-order chi connectivity index (χ1) is 10.7. The van der Waals surface area contributed by atoms with Gasteiger partial charge in [0.1, 0.15) is 6.07 Å². The number of imidazole rings is 1. The van der Waals surface area contributed by atoms with Crippen molar-refractivity contribution in [2.75, 3.05) is 5.75 Å². The SMILES string of the molecule is CCc1cc(SCC(N)=O)n2c(nc3ccccc32)c1C#N. The molecule has 0 unspecified atom stereocenters. The Balaban J connectivity index is 2.37. The molecule has 3 aromatic rings. The summed E-state index contributed by atoms with van der Waals surface area (Å²) in [5.41, 5.74) is 9.16. The summed E-state index contributed by atoms with van der Waals surface area (Å²) in [5, 5.41) is 10.4. The number of rotatable bonds is 4. The van der Waals surface area contributed by atoms with Crippen molar-refractivity contribution in [1.29, 1.82) is 5.26 Å². The molecule has 2 N–H and O–H groups in total. The Morgan fingerprint density at radius 2 is 2.23 bits per heavy atom. The number of para-hydroxylation sites is 2. The summed E-state index contributed by atoms with van der Waals surface area (Å²) in [6, 6.07) is 11.9. The maximum Gasteiger partial charge on any atom is 0.227 e.